The van der Waals surface area contributed by atoms with Gasteiger partial charge in [0.2, 0.25) is 0 Å². The first kappa shape index (κ1) is 6.65. The fraction of sp³-hybridized carbons (Fsp3) is 0.111. The van der Waals surface area contributed by atoms with E-state index in [1.54, 1.807) is 0 Å². The largest absolute Gasteiger partial charge is 0.304 e. The molecule has 13 heavy (non-hydrogen) atoms. The lowest BCUT2D eigenvalue weighted by Crippen LogP contribution is -1.97. The molecule has 0 fully saturated rings. The summed E-state index contributed by atoms with van der Waals surface area (Å²) in [6.07, 6.45) is 7.05. The third kappa shape index (κ3) is 0.853. The molecule has 1 N–H and O–H groups in total. The molecule has 2 aromatic rings. The van der Waals surface area contributed by atoms with Crippen LogP contribution in [0.4, 0.5) is 0 Å². The van der Waals surface area contributed by atoms with E-state index in [2.05, 4.69) is 32.1 Å². The van der Waals surface area contributed by atoms with Crippen LogP contribution in [0.3, 0.4) is 0 Å². The van der Waals surface area contributed by atoms with Gasteiger partial charge in [0.15, 0.2) is 5.82 Å². The third-order valence-electron chi connectivity index (χ3n) is 2.23. The molecule has 0 spiro atoms. The number of allylic oxidation sites excluding steroid dienone is 1. The van der Waals surface area contributed by atoms with Crippen LogP contribution in [-0.2, 0) is 6.42 Å². The number of nitrogens with zero attached hydrogens (tertiary/aromatic N) is 3. The first-order chi connectivity index (χ1) is 6.45. The number of nitrogens with one attached hydrogen (secondary N) is 1. The molecule has 3 heterocycles. The molecule has 1 aliphatic heterocycles. The summed E-state index contributed by atoms with van der Waals surface area (Å²) in [6, 6.07) is 4.12. The van der Waals surface area contributed by atoms with Crippen molar-refractivity contribution >= 4 is 6.08 Å². The average molecular weight is 172 g/mol. The van der Waals surface area contributed by atoms with Gasteiger partial charge in [0.05, 0.1) is 0 Å². The molecule has 0 amide bonds. The van der Waals surface area contributed by atoms with E-state index >= 15 is 0 Å². The zero-order valence-corrected chi connectivity index (χ0v) is 6.94. The first-order valence-electron chi connectivity index (χ1n) is 4.19. The van der Waals surface area contributed by atoms with Gasteiger partial charge in [-0.25, -0.2) is 5.10 Å². The highest BCUT2D eigenvalue weighted by Gasteiger charge is 2.11. The Morgan fingerprint density at radius 2 is 2.46 bits per heavy atom. The minimum absolute atomic E-state index is 0.898. The molecule has 0 bridgehead atoms. The van der Waals surface area contributed by atoms with E-state index in [-0.39, 0.29) is 0 Å². The van der Waals surface area contributed by atoms with Crippen molar-refractivity contribution in [2.75, 3.05) is 0 Å². The van der Waals surface area contributed by atoms with Crippen molar-refractivity contribution in [2.24, 2.45) is 0 Å². The molecule has 0 saturated heterocycles. The average Bonchev–Trinajstić information content (AvgIpc) is 2.72. The highest BCUT2D eigenvalue weighted by Crippen LogP contribution is 2.18. The Morgan fingerprint density at radius 3 is 3.46 bits per heavy atom. The van der Waals surface area contributed by atoms with Crippen molar-refractivity contribution in [1.82, 2.24) is 20.0 Å². The fourth-order valence-corrected chi connectivity index (χ4v) is 1.61. The molecule has 0 aliphatic carbocycles. The lowest BCUT2D eigenvalue weighted by atomic mass is 10.3. The van der Waals surface area contributed by atoms with Crippen LogP contribution >= 0.6 is 0 Å². The van der Waals surface area contributed by atoms with Crippen molar-refractivity contribution in [3.8, 4) is 5.82 Å². The topological polar surface area (TPSA) is 46.5 Å². The third-order valence-corrected chi connectivity index (χ3v) is 2.23. The summed E-state index contributed by atoms with van der Waals surface area (Å²) in [5.74, 6) is 0.953. The van der Waals surface area contributed by atoms with Gasteiger partial charge in [0.1, 0.15) is 5.69 Å². The number of H-pyrrole nitrogens is 1. The minimum atomic E-state index is 0.898. The van der Waals surface area contributed by atoms with Crippen LogP contribution in [0.2, 0.25) is 0 Å². The fourth-order valence-electron chi connectivity index (χ4n) is 1.61. The van der Waals surface area contributed by atoms with Gasteiger partial charge in [-0.1, -0.05) is 11.3 Å². The predicted octanol–water partition coefficient (Wildman–Crippen LogP) is 1.16. The predicted molar refractivity (Wildman–Crippen MR) is 48.4 cm³/mol. The molecule has 0 atom stereocenters. The van der Waals surface area contributed by atoms with Crippen LogP contribution in [0.25, 0.3) is 11.9 Å². The van der Waals surface area contributed by atoms with Crippen LogP contribution in [0.1, 0.15) is 11.4 Å². The number of fused-ring (bicyclic) bond motifs is 3. The molecule has 3 rings (SSSR count). The second-order valence-corrected chi connectivity index (χ2v) is 3.02. The number of aromatic amines is 1. The second kappa shape index (κ2) is 2.32. The molecule has 1 aliphatic rings. The Morgan fingerprint density at radius 1 is 1.46 bits per heavy atom. The van der Waals surface area contributed by atoms with Gasteiger partial charge in [-0.05, 0) is 18.2 Å². The Balaban J connectivity index is 2.34. The van der Waals surface area contributed by atoms with Gasteiger partial charge in [0.25, 0.3) is 0 Å². The number of hydrogen-bond donors (Lipinski definition) is 1. The van der Waals surface area contributed by atoms with Crippen molar-refractivity contribution in [3.63, 3.8) is 0 Å². The summed E-state index contributed by atoms with van der Waals surface area (Å²) >= 11 is 0. The number of hydrogen-bond acceptors (Lipinski definition) is 2. The van der Waals surface area contributed by atoms with Crippen LogP contribution in [0, 0.1) is 0 Å². The van der Waals surface area contributed by atoms with E-state index in [0.29, 0.717) is 0 Å². The Labute approximate surface area is 74.9 Å². The minimum Gasteiger partial charge on any atom is -0.304 e. The summed E-state index contributed by atoms with van der Waals surface area (Å²) in [7, 11) is 0. The number of aromatic nitrogens is 4. The van der Waals surface area contributed by atoms with Crippen molar-refractivity contribution in [1.29, 1.82) is 0 Å². The highest BCUT2D eigenvalue weighted by molar-refractivity contribution is 5.55. The van der Waals surface area contributed by atoms with E-state index in [9.17, 15) is 0 Å². The Kier molecular flexibility index (Phi) is 1.19. The van der Waals surface area contributed by atoms with E-state index < -0.39 is 0 Å². The molecule has 0 saturated carbocycles. The van der Waals surface area contributed by atoms with Crippen LogP contribution in [0.5, 0.6) is 0 Å². The zero-order valence-electron chi connectivity index (χ0n) is 6.94. The summed E-state index contributed by atoms with van der Waals surface area (Å²) in [4.78, 5) is 0. The van der Waals surface area contributed by atoms with Gasteiger partial charge in [0, 0.05) is 18.3 Å². The lowest BCUT2D eigenvalue weighted by molar-refractivity contribution is 0.886. The molecule has 4 heteroatoms. The van der Waals surface area contributed by atoms with Crippen molar-refractivity contribution in [2.45, 2.75) is 6.42 Å². The highest BCUT2D eigenvalue weighted by atomic mass is 15.4. The molecule has 4 nitrogen and oxygen atoms in total. The Hall–Kier alpha value is -1.84. The molecule has 0 unspecified atom stereocenters. The van der Waals surface area contributed by atoms with Gasteiger partial charge < -0.3 is 4.57 Å². The van der Waals surface area contributed by atoms with E-state index in [0.717, 1.165) is 17.9 Å². The van der Waals surface area contributed by atoms with Gasteiger partial charge in [-0.2, -0.15) is 0 Å². The lowest BCUT2D eigenvalue weighted by Gasteiger charge is -2.01. The van der Waals surface area contributed by atoms with Crippen LogP contribution < -0.4 is 0 Å². The summed E-state index contributed by atoms with van der Waals surface area (Å²) < 4.78 is 2.08. The summed E-state index contributed by atoms with van der Waals surface area (Å²) in [6.45, 7) is 0. The normalized spacial score (nSPS) is 13.5. The van der Waals surface area contributed by atoms with E-state index in [4.69, 9.17) is 0 Å². The second-order valence-electron chi connectivity index (χ2n) is 3.02. The van der Waals surface area contributed by atoms with Crippen LogP contribution in [0.15, 0.2) is 24.4 Å². The molecule has 0 radical (unpaired) electrons. The van der Waals surface area contributed by atoms with Crippen LogP contribution in [-0.4, -0.2) is 20.0 Å². The summed E-state index contributed by atoms with van der Waals surface area (Å²) in [5.41, 5.74) is 2.15. The standard InChI is InChI=1S/C9H8N4/c1-3-7-4-2-6-13(7)9-8(5-1)10-12-11-9/h1-2,4-6H,3H2,(H,10,11,12). The number of rotatable bonds is 0. The molecule has 0 aromatic carbocycles. The monoisotopic (exact) mass is 172 g/mol. The molecular formula is C9H8N4. The SMILES string of the molecule is C1=Cc2nn[nH]c2-n2cccc2C1. The first-order valence-corrected chi connectivity index (χ1v) is 4.19. The smallest absolute Gasteiger partial charge is 0.160 e. The Bertz CT molecular complexity index is 463. The van der Waals surface area contributed by atoms with Gasteiger partial charge in [-0.15, -0.1) is 5.10 Å². The van der Waals surface area contributed by atoms with Gasteiger partial charge >= 0.3 is 0 Å². The zero-order chi connectivity index (χ0) is 8.67. The van der Waals surface area contributed by atoms with Crippen molar-refractivity contribution < 1.29 is 0 Å². The maximum Gasteiger partial charge on any atom is 0.160 e. The molecule has 2 aromatic heterocycles. The van der Waals surface area contributed by atoms with E-state index in [1.807, 2.05) is 18.3 Å². The van der Waals surface area contributed by atoms with Crippen molar-refractivity contribution in [3.05, 3.63) is 35.8 Å². The molecule has 64 valence electrons. The maximum absolute atomic E-state index is 3.98. The summed E-state index contributed by atoms with van der Waals surface area (Å²) in [5, 5.41) is 10.6. The van der Waals surface area contributed by atoms with Gasteiger partial charge in [-0.3, -0.25) is 0 Å². The quantitative estimate of drug-likeness (QED) is 0.648. The van der Waals surface area contributed by atoms with E-state index in [1.165, 1.54) is 5.69 Å². The maximum atomic E-state index is 3.98. The molecular weight excluding hydrogens is 164 g/mol.